The Labute approximate surface area is 128 Å². The third kappa shape index (κ3) is 2.87. The van der Waals surface area contributed by atoms with E-state index in [1.54, 1.807) is 0 Å². The van der Waals surface area contributed by atoms with Crippen molar-refractivity contribution in [1.82, 2.24) is 15.1 Å². The zero-order valence-corrected chi connectivity index (χ0v) is 12.9. The van der Waals surface area contributed by atoms with Crippen LogP contribution in [-0.2, 0) is 6.54 Å². The van der Waals surface area contributed by atoms with E-state index in [0.717, 1.165) is 18.6 Å². The van der Waals surface area contributed by atoms with Crippen LogP contribution in [0.5, 0.6) is 0 Å². The van der Waals surface area contributed by atoms with E-state index in [1.807, 2.05) is 0 Å². The van der Waals surface area contributed by atoms with Crippen LogP contribution in [0.1, 0.15) is 31.2 Å². The molecule has 3 nitrogen and oxygen atoms in total. The molecule has 5 rings (SSSR count). The van der Waals surface area contributed by atoms with E-state index in [2.05, 4.69) is 45.4 Å². The van der Waals surface area contributed by atoms with E-state index >= 15 is 0 Å². The maximum absolute atomic E-state index is 3.84. The Morgan fingerprint density at radius 3 is 2.67 bits per heavy atom. The molecule has 4 saturated heterocycles. The predicted octanol–water partition coefficient (Wildman–Crippen LogP) is 2.09. The Morgan fingerprint density at radius 1 is 1.05 bits per heavy atom. The van der Waals surface area contributed by atoms with Gasteiger partial charge in [-0.3, -0.25) is 9.80 Å². The van der Waals surface area contributed by atoms with Crippen LogP contribution >= 0.6 is 0 Å². The molecule has 114 valence electrons. The molecule has 4 heterocycles. The van der Waals surface area contributed by atoms with E-state index in [4.69, 9.17) is 0 Å². The van der Waals surface area contributed by atoms with Crippen LogP contribution in [0.3, 0.4) is 0 Å². The minimum Gasteiger partial charge on any atom is -0.310 e. The average Bonchev–Trinajstić information content (AvgIpc) is 2.91. The topological polar surface area (TPSA) is 18.5 Å². The fraction of sp³-hybridized carbons (Fsp3) is 0.667. The molecular weight excluding hydrogens is 258 g/mol. The summed E-state index contributed by atoms with van der Waals surface area (Å²) in [5.74, 6) is 0. The summed E-state index contributed by atoms with van der Waals surface area (Å²) in [6.07, 6.45) is 5.55. The quantitative estimate of drug-likeness (QED) is 0.917. The van der Waals surface area contributed by atoms with E-state index in [1.165, 1.54) is 57.4 Å². The first-order chi connectivity index (χ1) is 10.4. The fourth-order valence-corrected chi connectivity index (χ4v) is 4.51. The van der Waals surface area contributed by atoms with Crippen LogP contribution in [0.2, 0.25) is 0 Å². The molecule has 2 bridgehead atoms. The summed E-state index contributed by atoms with van der Waals surface area (Å²) in [5, 5.41) is 3.84. The number of nitrogens with one attached hydrogen (secondary N) is 1. The zero-order chi connectivity index (χ0) is 14.1. The molecule has 0 spiro atoms. The van der Waals surface area contributed by atoms with Gasteiger partial charge in [-0.25, -0.2) is 0 Å². The summed E-state index contributed by atoms with van der Waals surface area (Å²) in [6, 6.07) is 13.2. The molecule has 3 atom stereocenters. The van der Waals surface area contributed by atoms with Crippen molar-refractivity contribution in [3.63, 3.8) is 0 Å². The largest absolute Gasteiger partial charge is 0.310 e. The van der Waals surface area contributed by atoms with Gasteiger partial charge in [0.05, 0.1) is 0 Å². The smallest absolute Gasteiger partial charge is 0.0352 e. The number of hydrogen-bond acceptors (Lipinski definition) is 3. The van der Waals surface area contributed by atoms with Crippen molar-refractivity contribution >= 4 is 0 Å². The molecule has 0 aliphatic carbocycles. The van der Waals surface area contributed by atoms with E-state index in [9.17, 15) is 0 Å². The third-order valence-electron chi connectivity index (χ3n) is 5.66. The van der Waals surface area contributed by atoms with Crippen LogP contribution in [-0.4, -0.2) is 54.1 Å². The summed E-state index contributed by atoms with van der Waals surface area (Å²) in [7, 11) is 0. The molecule has 0 saturated carbocycles. The SMILES string of the molecule is c1ccc(CN2C[C@@H]3NC[C@H]2CC[C@@H]3N2CCCC2)cc1. The van der Waals surface area contributed by atoms with Crippen molar-refractivity contribution in [3.8, 4) is 0 Å². The van der Waals surface area contributed by atoms with Gasteiger partial charge in [0.1, 0.15) is 0 Å². The van der Waals surface area contributed by atoms with Crippen molar-refractivity contribution in [1.29, 1.82) is 0 Å². The van der Waals surface area contributed by atoms with Crippen LogP contribution in [0, 0.1) is 0 Å². The number of rotatable bonds is 3. The second-order valence-electron chi connectivity index (χ2n) is 6.97. The highest BCUT2D eigenvalue weighted by atomic mass is 15.3. The molecule has 0 unspecified atom stereocenters. The summed E-state index contributed by atoms with van der Waals surface area (Å²) in [4.78, 5) is 5.48. The summed E-state index contributed by atoms with van der Waals surface area (Å²) in [6.45, 7) is 6.18. The first kappa shape index (κ1) is 13.7. The van der Waals surface area contributed by atoms with Gasteiger partial charge in [0, 0.05) is 37.8 Å². The van der Waals surface area contributed by atoms with Gasteiger partial charge in [-0.2, -0.15) is 0 Å². The van der Waals surface area contributed by atoms with Crippen molar-refractivity contribution in [2.75, 3.05) is 26.2 Å². The van der Waals surface area contributed by atoms with Crippen LogP contribution in [0.4, 0.5) is 0 Å². The lowest BCUT2D eigenvalue weighted by Crippen LogP contribution is -2.59. The second-order valence-corrected chi connectivity index (χ2v) is 6.97. The third-order valence-corrected chi connectivity index (χ3v) is 5.66. The van der Waals surface area contributed by atoms with Gasteiger partial charge < -0.3 is 5.32 Å². The van der Waals surface area contributed by atoms with Gasteiger partial charge in [-0.1, -0.05) is 30.3 Å². The Morgan fingerprint density at radius 2 is 1.86 bits per heavy atom. The molecule has 4 aliphatic rings. The lowest BCUT2D eigenvalue weighted by Gasteiger charge is -2.40. The highest BCUT2D eigenvalue weighted by molar-refractivity contribution is 5.15. The molecule has 1 N–H and O–H groups in total. The second kappa shape index (κ2) is 6.07. The molecule has 1 aromatic rings. The molecule has 3 heteroatoms. The Balaban J connectivity index is 1.46. The first-order valence-corrected chi connectivity index (χ1v) is 8.65. The van der Waals surface area contributed by atoms with Crippen molar-refractivity contribution in [2.45, 2.75) is 50.4 Å². The molecule has 0 amide bonds. The number of likely N-dealkylation sites (tertiary alicyclic amines) is 1. The number of benzene rings is 1. The Hall–Kier alpha value is -0.900. The monoisotopic (exact) mass is 285 g/mol. The number of nitrogens with zero attached hydrogens (tertiary/aromatic N) is 2. The van der Waals surface area contributed by atoms with Gasteiger partial charge in [-0.15, -0.1) is 0 Å². The Kier molecular flexibility index (Phi) is 3.97. The highest BCUT2D eigenvalue weighted by Crippen LogP contribution is 2.28. The van der Waals surface area contributed by atoms with E-state index in [-0.39, 0.29) is 0 Å². The molecule has 0 aromatic heterocycles. The standard InChI is InChI=1S/C18H27N3/c1-2-6-15(7-3-1)13-21-14-17-18(20-10-4-5-11-20)9-8-16(21)12-19-17/h1-3,6-7,16-19H,4-5,8-14H2/t16-,17+,18+/m1/s1. The number of fused-ring (bicyclic) bond motifs is 4. The maximum Gasteiger partial charge on any atom is 0.0352 e. The van der Waals surface area contributed by atoms with Gasteiger partial charge >= 0.3 is 0 Å². The number of hydrogen-bond donors (Lipinski definition) is 1. The fourth-order valence-electron chi connectivity index (χ4n) is 4.51. The lowest BCUT2D eigenvalue weighted by atomic mass is 10.0. The predicted molar refractivity (Wildman–Crippen MR) is 86.3 cm³/mol. The molecule has 1 aromatic carbocycles. The highest BCUT2D eigenvalue weighted by Gasteiger charge is 2.39. The summed E-state index contributed by atoms with van der Waals surface area (Å²) < 4.78 is 0. The molecular formula is C18H27N3. The summed E-state index contributed by atoms with van der Waals surface area (Å²) in [5.41, 5.74) is 1.46. The van der Waals surface area contributed by atoms with Crippen molar-refractivity contribution < 1.29 is 0 Å². The van der Waals surface area contributed by atoms with Crippen LogP contribution < -0.4 is 5.32 Å². The Bertz CT molecular complexity index is 455. The zero-order valence-electron chi connectivity index (χ0n) is 12.9. The van der Waals surface area contributed by atoms with Crippen LogP contribution in [0.25, 0.3) is 0 Å². The first-order valence-electron chi connectivity index (χ1n) is 8.65. The van der Waals surface area contributed by atoms with E-state index < -0.39 is 0 Å². The minimum absolute atomic E-state index is 0.672. The molecule has 0 radical (unpaired) electrons. The van der Waals surface area contributed by atoms with E-state index in [0.29, 0.717) is 6.04 Å². The minimum atomic E-state index is 0.672. The van der Waals surface area contributed by atoms with Gasteiger partial charge in [0.2, 0.25) is 0 Å². The molecule has 21 heavy (non-hydrogen) atoms. The van der Waals surface area contributed by atoms with Gasteiger partial charge in [0.25, 0.3) is 0 Å². The van der Waals surface area contributed by atoms with Crippen LogP contribution in [0.15, 0.2) is 30.3 Å². The summed E-state index contributed by atoms with van der Waals surface area (Å²) >= 11 is 0. The lowest BCUT2D eigenvalue weighted by molar-refractivity contribution is 0.112. The molecule has 4 aliphatic heterocycles. The number of piperazine rings is 1. The van der Waals surface area contributed by atoms with Crippen molar-refractivity contribution in [3.05, 3.63) is 35.9 Å². The maximum atomic E-state index is 3.84. The van der Waals surface area contributed by atoms with Gasteiger partial charge in [-0.05, 0) is 44.3 Å². The normalized spacial score (nSPS) is 34.2. The molecule has 4 fully saturated rings. The van der Waals surface area contributed by atoms with Gasteiger partial charge in [0.15, 0.2) is 0 Å². The van der Waals surface area contributed by atoms with Crippen molar-refractivity contribution in [2.24, 2.45) is 0 Å². The average molecular weight is 285 g/mol.